The Kier molecular flexibility index (Phi) is 6.12. The summed E-state index contributed by atoms with van der Waals surface area (Å²) in [5.74, 6) is 0.917. The van der Waals surface area contributed by atoms with Gasteiger partial charge in [-0.05, 0) is 39.3 Å². The van der Waals surface area contributed by atoms with Crippen LogP contribution in [0.15, 0.2) is 30.6 Å². The molecule has 3 rings (SSSR count). The minimum Gasteiger partial charge on any atom is -0.363 e. The van der Waals surface area contributed by atoms with Crippen LogP contribution in [0.3, 0.4) is 0 Å². The predicted octanol–water partition coefficient (Wildman–Crippen LogP) is 4.04. The van der Waals surface area contributed by atoms with Gasteiger partial charge in [-0.25, -0.2) is 9.97 Å². The molecule has 4 nitrogen and oxygen atoms in total. The molecule has 2 heterocycles. The molecule has 3 aromatic rings. The topological polar surface area (TPSA) is 42.2 Å². The molecule has 0 spiro atoms. The van der Waals surface area contributed by atoms with Crippen LogP contribution in [0.1, 0.15) is 35.9 Å². The minimum atomic E-state index is 0.267. The minimum absolute atomic E-state index is 0.267. The van der Waals surface area contributed by atoms with E-state index in [1.54, 1.807) is 17.7 Å². The first-order chi connectivity index (χ1) is 12.6. The summed E-state index contributed by atoms with van der Waals surface area (Å²) in [5, 5.41) is 5.56. The number of thiophene rings is 1. The molecule has 1 aromatic carbocycles. The van der Waals surface area contributed by atoms with Gasteiger partial charge in [0.05, 0.1) is 25.0 Å². The number of quaternary nitrogens is 1. The second kappa shape index (κ2) is 8.33. The lowest BCUT2D eigenvalue weighted by molar-refractivity contribution is -0.926. The Morgan fingerprint density at radius 3 is 2.58 bits per heavy atom. The molecule has 6 heteroatoms. The van der Waals surface area contributed by atoms with E-state index >= 15 is 0 Å². The average Bonchev–Trinajstić information content (AvgIpc) is 2.94. The van der Waals surface area contributed by atoms with Gasteiger partial charge < -0.3 is 10.2 Å². The maximum Gasteiger partial charge on any atom is 0.138 e. The number of aromatic nitrogens is 2. The molecule has 0 radical (unpaired) electrons. The van der Waals surface area contributed by atoms with Crippen molar-refractivity contribution in [1.82, 2.24) is 9.97 Å². The van der Waals surface area contributed by atoms with Crippen molar-refractivity contribution in [3.8, 4) is 0 Å². The number of rotatable bonds is 7. The summed E-state index contributed by atoms with van der Waals surface area (Å²) in [4.78, 5) is 12.8. The molecule has 0 aliphatic carbocycles. The van der Waals surface area contributed by atoms with Crippen molar-refractivity contribution in [3.63, 3.8) is 0 Å². The van der Waals surface area contributed by atoms with Crippen molar-refractivity contribution in [2.75, 3.05) is 25.0 Å². The molecule has 0 fully saturated rings. The van der Waals surface area contributed by atoms with Gasteiger partial charge in [-0.2, -0.15) is 0 Å². The summed E-state index contributed by atoms with van der Waals surface area (Å²) >= 11 is 8.24. The number of nitrogens with one attached hydrogen (secondary N) is 2. The van der Waals surface area contributed by atoms with E-state index in [1.165, 1.54) is 20.9 Å². The summed E-state index contributed by atoms with van der Waals surface area (Å²) in [7, 11) is 0. The molecule has 0 aliphatic heterocycles. The average molecular weight is 390 g/mol. The Morgan fingerprint density at radius 2 is 1.88 bits per heavy atom. The lowest BCUT2D eigenvalue weighted by atomic mass is 10.0. The summed E-state index contributed by atoms with van der Waals surface area (Å²) in [6.45, 7) is 11.6. The van der Waals surface area contributed by atoms with Gasteiger partial charge in [0.15, 0.2) is 0 Å². The van der Waals surface area contributed by atoms with E-state index in [1.807, 2.05) is 12.1 Å². The Hall–Kier alpha value is -1.69. The lowest BCUT2D eigenvalue weighted by Gasteiger charge is -2.28. The number of fused-ring (bicyclic) bond motifs is 1. The second-order valence-electron chi connectivity index (χ2n) is 6.51. The standard InChI is InChI=1S/C20H25ClN4S/c1-5-25(6-2)17(15-9-7-8-10-16(15)21)11-22-19-18-13(3)14(4)26-20(18)24-12-23-19/h7-10,12,17H,5-6,11H2,1-4H3,(H,22,23,24)/p+1/t17-/m1/s1. The molecule has 0 unspecified atom stereocenters. The lowest BCUT2D eigenvalue weighted by Crippen LogP contribution is -3.12. The first-order valence-corrected chi connectivity index (χ1v) is 10.3. The fraction of sp³-hybridized carbons (Fsp3) is 0.400. The van der Waals surface area contributed by atoms with Crippen LogP contribution < -0.4 is 10.2 Å². The van der Waals surface area contributed by atoms with Crippen molar-refractivity contribution in [1.29, 1.82) is 0 Å². The SMILES string of the molecule is CC[NH+](CC)[C@H](CNc1ncnc2sc(C)c(C)c12)c1ccccc1Cl. The zero-order chi connectivity index (χ0) is 18.7. The molecule has 2 aromatic heterocycles. The largest absolute Gasteiger partial charge is 0.363 e. The van der Waals surface area contributed by atoms with Crippen molar-refractivity contribution >= 4 is 39.0 Å². The van der Waals surface area contributed by atoms with Crippen molar-refractivity contribution < 1.29 is 4.90 Å². The van der Waals surface area contributed by atoms with Crippen LogP contribution in [0.5, 0.6) is 0 Å². The van der Waals surface area contributed by atoms with Crippen LogP contribution in [-0.4, -0.2) is 29.6 Å². The summed E-state index contributed by atoms with van der Waals surface area (Å²) < 4.78 is 0. The molecule has 26 heavy (non-hydrogen) atoms. The zero-order valence-electron chi connectivity index (χ0n) is 15.8. The van der Waals surface area contributed by atoms with E-state index in [0.717, 1.165) is 40.7 Å². The first kappa shape index (κ1) is 19.1. The predicted molar refractivity (Wildman–Crippen MR) is 112 cm³/mol. The highest BCUT2D eigenvalue weighted by Gasteiger charge is 2.24. The van der Waals surface area contributed by atoms with Gasteiger partial charge in [-0.15, -0.1) is 11.3 Å². The molecule has 0 bridgehead atoms. The third-order valence-corrected chi connectivity index (χ3v) is 6.58. The van der Waals surface area contributed by atoms with Gasteiger partial charge in [-0.3, -0.25) is 0 Å². The molecule has 0 amide bonds. The number of aryl methyl sites for hydroxylation is 2. The summed E-state index contributed by atoms with van der Waals surface area (Å²) in [5.41, 5.74) is 2.45. The number of likely N-dealkylation sites (N-methyl/N-ethyl adjacent to an activating group) is 1. The van der Waals surface area contributed by atoms with E-state index in [4.69, 9.17) is 11.6 Å². The van der Waals surface area contributed by atoms with Crippen LogP contribution in [0, 0.1) is 13.8 Å². The molecule has 0 saturated carbocycles. The van der Waals surface area contributed by atoms with Crippen LogP contribution in [-0.2, 0) is 0 Å². The van der Waals surface area contributed by atoms with Gasteiger partial charge in [-0.1, -0.05) is 29.8 Å². The number of halogens is 1. The van der Waals surface area contributed by atoms with E-state index in [0.29, 0.717) is 0 Å². The molecule has 1 atom stereocenters. The molecule has 0 aliphatic rings. The van der Waals surface area contributed by atoms with Gasteiger partial charge in [0.2, 0.25) is 0 Å². The fourth-order valence-corrected chi connectivity index (χ4v) is 4.75. The van der Waals surface area contributed by atoms with Gasteiger partial charge in [0, 0.05) is 15.5 Å². The Bertz CT molecular complexity index is 889. The van der Waals surface area contributed by atoms with Crippen LogP contribution >= 0.6 is 22.9 Å². The van der Waals surface area contributed by atoms with Crippen LogP contribution in [0.2, 0.25) is 5.02 Å². The molecular weight excluding hydrogens is 364 g/mol. The fourth-order valence-electron chi connectivity index (χ4n) is 3.49. The highest BCUT2D eigenvalue weighted by Crippen LogP contribution is 2.32. The number of benzene rings is 1. The molecule has 2 N–H and O–H groups in total. The van der Waals surface area contributed by atoms with E-state index in [-0.39, 0.29) is 6.04 Å². The van der Waals surface area contributed by atoms with Crippen molar-refractivity contribution in [2.45, 2.75) is 33.7 Å². The number of anilines is 1. The maximum absolute atomic E-state index is 6.52. The highest BCUT2D eigenvalue weighted by atomic mass is 35.5. The van der Waals surface area contributed by atoms with Gasteiger partial charge in [0.1, 0.15) is 23.0 Å². The highest BCUT2D eigenvalue weighted by molar-refractivity contribution is 7.18. The Labute approximate surface area is 164 Å². The summed E-state index contributed by atoms with van der Waals surface area (Å²) in [6, 6.07) is 8.42. The van der Waals surface area contributed by atoms with Crippen molar-refractivity contribution in [2.24, 2.45) is 0 Å². The first-order valence-electron chi connectivity index (χ1n) is 9.10. The van der Waals surface area contributed by atoms with Gasteiger partial charge >= 0.3 is 0 Å². The quantitative estimate of drug-likeness (QED) is 0.640. The van der Waals surface area contributed by atoms with Gasteiger partial charge in [0.25, 0.3) is 0 Å². The van der Waals surface area contributed by atoms with Crippen LogP contribution in [0.25, 0.3) is 10.2 Å². The smallest absolute Gasteiger partial charge is 0.138 e. The molecule has 0 saturated heterocycles. The third kappa shape index (κ3) is 3.70. The Balaban J connectivity index is 1.93. The second-order valence-corrected chi connectivity index (χ2v) is 8.12. The van der Waals surface area contributed by atoms with E-state index < -0.39 is 0 Å². The van der Waals surface area contributed by atoms with E-state index in [9.17, 15) is 0 Å². The molecule has 138 valence electrons. The summed E-state index contributed by atoms with van der Waals surface area (Å²) in [6.07, 6.45) is 1.65. The van der Waals surface area contributed by atoms with Crippen LogP contribution in [0.4, 0.5) is 5.82 Å². The number of nitrogens with zero attached hydrogens (tertiary/aromatic N) is 2. The number of hydrogen-bond acceptors (Lipinski definition) is 4. The number of hydrogen-bond donors (Lipinski definition) is 2. The maximum atomic E-state index is 6.52. The Morgan fingerprint density at radius 1 is 1.15 bits per heavy atom. The van der Waals surface area contributed by atoms with E-state index in [2.05, 4.69) is 55.1 Å². The third-order valence-electron chi connectivity index (χ3n) is 5.12. The molecular formula is C20H26ClN4S+. The monoisotopic (exact) mass is 389 g/mol. The normalized spacial score (nSPS) is 12.7. The van der Waals surface area contributed by atoms with Crippen molar-refractivity contribution in [3.05, 3.63) is 51.6 Å². The zero-order valence-corrected chi connectivity index (χ0v) is 17.3.